The van der Waals surface area contributed by atoms with Crippen LogP contribution < -0.4 is 16.0 Å². The van der Waals surface area contributed by atoms with E-state index in [1.54, 1.807) is 23.9 Å². The minimum Gasteiger partial charge on any atom is -0.385 e. The van der Waals surface area contributed by atoms with Gasteiger partial charge in [-0.25, -0.2) is 17.8 Å². The number of halogens is 4. The van der Waals surface area contributed by atoms with Gasteiger partial charge >= 0.3 is 6.18 Å². The molecule has 3 atom stereocenters. The van der Waals surface area contributed by atoms with Gasteiger partial charge in [-0.15, -0.1) is 0 Å². The number of carbonyl (C=O) groups is 2. The van der Waals surface area contributed by atoms with Gasteiger partial charge in [0.05, 0.1) is 45.5 Å². The van der Waals surface area contributed by atoms with E-state index < -0.39 is 62.2 Å². The number of carbonyl (C=O) groups excluding carboxylic acids is 2. The number of Topliss-reactive ketones (excluding diaryl/α,β-unsaturated/α-hetero) is 1. The molecule has 13 nitrogen and oxygen atoms in total. The summed E-state index contributed by atoms with van der Waals surface area (Å²) in [6.45, 7) is 1.43. The SMILES string of the molecule is Cn1ncnc1C1C2=NCC(=O)c3cc(F)cc(c32)N[C@@H]1c1ccc(NCCCc2ccc(S(=O)(=O)CC(C)(O)C(=O)Nc3ccc(C#N)c(C(F)(F)F)c3)cc2)cc1. The van der Waals surface area contributed by atoms with Crippen molar-refractivity contribution in [3.05, 3.63) is 130 Å². The predicted octanol–water partition coefficient (Wildman–Crippen LogP) is 5.99. The summed E-state index contributed by atoms with van der Waals surface area (Å²) in [5.41, 5.74) is -0.303. The maximum absolute atomic E-state index is 14.6. The zero-order valence-electron chi connectivity index (χ0n) is 31.5. The number of amides is 1. The quantitative estimate of drug-likeness (QED) is 0.0859. The molecule has 7 rings (SSSR count). The Labute approximate surface area is 335 Å². The zero-order valence-corrected chi connectivity index (χ0v) is 32.3. The maximum atomic E-state index is 14.6. The number of nitrogens with zero attached hydrogens (tertiary/aromatic N) is 5. The second-order valence-electron chi connectivity index (χ2n) is 14.5. The number of nitriles is 1. The molecule has 4 N–H and O–H groups in total. The number of aliphatic hydroxyl groups is 1. The van der Waals surface area contributed by atoms with E-state index >= 15 is 0 Å². The summed E-state index contributed by atoms with van der Waals surface area (Å²) >= 11 is 0. The summed E-state index contributed by atoms with van der Waals surface area (Å²) in [6.07, 6.45) is -2.17. The molecular formula is C41H36F4N8O5S. The van der Waals surface area contributed by atoms with Crippen LogP contribution >= 0.6 is 0 Å². The minimum atomic E-state index is -4.88. The normalized spacial score (nSPS) is 17.2. The lowest BCUT2D eigenvalue weighted by Crippen LogP contribution is -2.45. The smallest absolute Gasteiger partial charge is 0.385 e. The topological polar surface area (TPSA) is 191 Å². The largest absolute Gasteiger partial charge is 0.417 e. The summed E-state index contributed by atoms with van der Waals surface area (Å²) < 4.78 is 82.7. The second-order valence-corrected chi connectivity index (χ2v) is 16.5. The zero-order chi connectivity index (χ0) is 42.3. The van der Waals surface area contributed by atoms with E-state index in [9.17, 15) is 40.7 Å². The number of benzene rings is 4. The van der Waals surface area contributed by atoms with Crippen LogP contribution in [0.4, 0.5) is 34.6 Å². The lowest BCUT2D eigenvalue weighted by atomic mass is 9.78. The fourth-order valence-electron chi connectivity index (χ4n) is 7.27. The Hall–Kier alpha value is -6.45. The third-order valence-electron chi connectivity index (χ3n) is 10.2. The molecule has 0 spiro atoms. The Morgan fingerprint density at radius 1 is 1.05 bits per heavy atom. The number of hydrogen-bond donors (Lipinski definition) is 4. The van der Waals surface area contributed by atoms with Crippen molar-refractivity contribution >= 4 is 44.3 Å². The van der Waals surface area contributed by atoms with E-state index in [0.29, 0.717) is 48.2 Å². The summed E-state index contributed by atoms with van der Waals surface area (Å²) in [5, 5.41) is 32.9. The van der Waals surface area contributed by atoms with Gasteiger partial charge < -0.3 is 21.1 Å². The number of nitrogens with one attached hydrogen (secondary N) is 3. The number of rotatable bonds is 12. The van der Waals surface area contributed by atoms with Crippen LogP contribution in [0.2, 0.25) is 0 Å². The molecule has 59 heavy (non-hydrogen) atoms. The number of hydrogen-bond acceptors (Lipinski definition) is 11. The summed E-state index contributed by atoms with van der Waals surface area (Å²) in [7, 11) is -2.45. The number of aliphatic imine (C=N–C) groups is 1. The molecule has 0 bridgehead atoms. The molecule has 0 saturated heterocycles. The van der Waals surface area contributed by atoms with Crippen molar-refractivity contribution in [2.24, 2.45) is 12.0 Å². The molecule has 2 aliphatic rings. The van der Waals surface area contributed by atoms with Crippen LogP contribution in [0, 0.1) is 17.1 Å². The molecule has 2 unspecified atom stereocenters. The van der Waals surface area contributed by atoms with Gasteiger partial charge in [-0.05, 0) is 85.5 Å². The molecular weight excluding hydrogens is 793 g/mol. The molecule has 304 valence electrons. The molecule has 0 fully saturated rings. The van der Waals surface area contributed by atoms with Crippen molar-refractivity contribution in [3.63, 3.8) is 0 Å². The van der Waals surface area contributed by atoms with Gasteiger partial charge in [0, 0.05) is 41.8 Å². The third kappa shape index (κ3) is 8.43. The van der Waals surface area contributed by atoms with E-state index in [4.69, 9.17) is 5.26 Å². The van der Waals surface area contributed by atoms with Crippen LogP contribution in [0.5, 0.6) is 0 Å². The number of alkyl halides is 3. The Bertz CT molecular complexity index is 2640. The van der Waals surface area contributed by atoms with Crippen LogP contribution in [0.3, 0.4) is 0 Å². The maximum Gasteiger partial charge on any atom is 0.417 e. The molecule has 0 saturated carbocycles. The number of sulfone groups is 1. The van der Waals surface area contributed by atoms with Crippen molar-refractivity contribution in [2.45, 2.75) is 48.4 Å². The van der Waals surface area contributed by atoms with E-state index in [0.717, 1.165) is 35.9 Å². The molecule has 1 aromatic heterocycles. The van der Waals surface area contributed by atoms with Gasteiger partial charge in [0.15, 0.2) is 21.2 Å². The minimum absolute atomic E-state index is 0.0907. The predicted molar refractivity (Wildman–Crippen MR) is 209 cm³/mol. The van der Waals surface area contributed by atoms with Crippen molar-refractivity contribution < 1.29 is 40.7 Å². The number of anilines is 3. The number of aromatic nitrogens is 3. The number of aryl methyl sites for hydroxylation is 2. The summed E-state index contributed by atoms with van der Waals surface area (Å²) in [4.78, 5) is 34.5. The van der Waals surface area contributed by atoms with Crippen LogP contribution in [0.25, 0.3) is 0 Å². The van der Waals surface area contributed by atoms with E-state index in [1.165, 1.54) is 36.7 Å². The van der Waals surface area contributed by atoms with Crippen molar-refractivity contribution in [2.75, 3.05) is 34.8 Å². The van der Waals surface area contributed by atoms with Gasteiger partial charge in [0.2, 0.25) is 0 Å². The molecule has 18 heteroatoms. The van der Waals surface area contributed by atoms with Crippen molar-refractivity contribution in [3.8, 4) is 6.07 Å². The number of ketones is 1. The van der Waals surface area contributed by atoms with Crippen LogP contribution in [0.1, 0.15) is 69.3 Å². The van der Waals surface area contributed by atoms with E-state index in [2.05, 4.69) is 31.0 Å². The van der Waals surface area contributed by atoms with E-state index in [1.807, 2.05) is 24.3 Å². The second kappa shape index (κ2) is 15.7. The van der Waals surface area contributed by atoms with Gasteiger partial charge in [-0.2, -0.15) is 23.5 Å². The molecule has 0 aliphatic carbocycles. The first kappa shape index (κ1) is 40.7. The van der Waals surface area contributed by atoms with Gasteiger partial charge in [-0.3, -0.25) is 19.3 Å². The Morgan fingerprint density at radius 3 is 2.42 bits per heavy atom. The monoisotopic (exact) mass is 828 g/mol. The van der Waals surface area contributed by atoms with Gasteiger partial charge in [0.1, 0.15) is 24.5 Å². The Morgan fingerprint density at radius 2 is 1.76 bits per heavy atom. The highest BCUT2D eigenvalue weighted by Crippen LogP contribution is 2.45. The average molecular weight is 829 g/mol. The van der Waals surface area contributed by atoms with Gasteiger partial charge in [0.25, 0.3) is 5.91 Å². The standard InChI is InChI=1S/C41H36F4N8O5S/c1-40(56,39(55)51-28-12-9-25(19-46)31(18-28)41(43,44)45)21-59(57,58)29-13-5-23(6-14-29)4-3-15-47-27-10-7-24(8-11-27)36-35(38-49-22-50-53(38)2)37-34-30(33(54)20-48-37)16-26(42)17-32(34)52-36/h5-14,16-18,22,35-36,47,52,56H,3-4,15,20-21H2,1-2H3,(H,51,55)/t35?,36-,40?/m1/s1. The lowest BCUT2D eigenvalue weighted by molar-refractivity contribution is -0.137. The Kier molecular flexibility index (Phi) is 10.9. The first-order valence-electron chi connectivity index (χ1n) is 18.3. The van der Waals surface area contributed by atoms with E-state index in [-0.39, 0.29) is 28.5 Å². The molecule has 0 radical (unpaired) electrons. The first-order chi connectivity index (χ1) is 27.9. The third-order valence-corrected chi connectivity index (χ3v) is 12.1. The van der Waals surface area contributed by atoms with Crippen LogP contribution in [-0.2, 0) is 34.3 Å². The van der Waals surface area contributed by atoms with Crippen LogP contribution in [0.15, 0.2) is 95.1 Å². The summed E-state index contributed by atoms with van der Waals surface area (Å²) in [5.74, 6) is -2.85. The summed E-state index contributed by atoms with van der Waals surface area (Å²) in [6, 6.07) is 19.8. The fraction of sp³-hybridized carbons (Fsp3) is 0.268. The highest BCUT2D eigenvalue weighted by molar-refractivity contribution is 7.91. The molecule has 4 aromatic carbocycles. The molecule has 2 aliphatic heterocycles. The highest BCUT2D eigenvalue weighted by atomic mass is 32.2. The molecule has 5 aromatic rings. The molecule has 1 amide bonds. The van der Waals surface area contributed by atoms with Crippen molar-refractivity contribution in [1.82, 2.24) is 14.8 Å². The average Bonchev–Trinajstić information content (AvgIpc) is 3.62. The van der Waals surface area contributed by atoms with Gasteiger partial charge in [-0.1, -0.05) is 24.3 Å². The van der Waals surface area contributed by atoms with Crippen molar-refractivity contribution in [1.29, 1.82) is 5.26 Å². The molecule has 3 heterocycles. The first-order valence-corrected chi connectivity index (χ1v) is 19.9. The highest BCUT2D eigenvalue weighted by Gasteiger charge is 2.42. The van der Waals surface area contributed by atoms with Crippen LogP contribution in [-0.4, -0.2) is 70.1 Å². The lowest BCUT2D eigenvalue weighted by Gasteiger charge is -2.37. The Balaban J connectivity index is 0.952. The fourth-order valence-corrected chi connectivity index (χ4v) is 8.86.